The number of methoxy groups -OCH3 is 1. The number of anilines is 1. The second kappa shape index (κ2) is 8.42. The molecule has 0 spiro atoms. The molecule has 1 saturated heterocycles. The van der Waals surface area contributed by atoms with Crippen LogP contribution in [0.2, 0.25) is 0 Å². The summed E-state index contributed by atoms with van der Waals surface area (Å²) in [5.41, 5.74) is 1.32. The van der Waals surface area contributed by atoms with Crippen LogP contribution in [0.5, 0.6) is 5.75 Å². The van der Waals surface area contributed by atoms with Crippen LogP contribution in [-0.4, -0.2) is 35.6 Å². The Balaban J connectivity index is 1.59. The number of nitrogens with zero attached hydrogens (tertiary/aromatic N) is 1. The molecule has 1 aliphatic heterocycles. The number of para-hydroxylation sites is 1. The molecule has 6 nitrogen and oxygen atoms in total. The molecule has 7 heteroatoms. The molecule has 150 valence electrons. The first-order valence-electron chi connectivity index (χ1n) is 9.23. The molecule has 3 aromatic carbocycles. The quantitative estimate of drug-likeness (QED) is 0.617. The van der Waals surface area contributed by atoms with Gasteiger partial charge in [0.1, 0.15) is 12.3 Å². The predicted molar refractivity (Wildman–Crippen MR) is 118 cm³/mol. The standard InChI is InChI=1S/C23H18N2O4S/c1-29-19-12-11-15-7-5-6-10-17(15)18(19)13-20-22(27)25(23(28)30-20)14-21(26)24-16-8-3-2-4-9-16/h2-13H,14H2,1H3,(H,24,26). The highest BCUT2D eigenvalue weighted by molar-refractivity contribution is 8.18. The van der Waals surface area contributed by atoms with E-state index in [1.54, 1.807) is 37.5 Å². The van der Waals surface area contributed by atoms with Crippen LogP contribution < -0.4 is 10.1 Å². The summed E-state index contributed by atoms with van der Waals surface area (Å²) in [5.74, 6) is -0.335. The minimum Gasteiger partial charge on any atom is -0.496 e. The SMILES string of the molecule is COc1ccc2ccccc2c1C=C1SC(=O)N(CC(=O)Nc2ccccc2)C1=O. The third-order valence-electron chi connectivity index (χ3n) is 4.66. The number of imide groups is 1. The first-order valence-corrected chi connectivity index (χ1v) is 10.0. The lowest BCUT2D eigenvalue weighted by Crippen LogP contribution is -2.36. The van der Waals surface area contributed by atoms with Crippen molar-refractivity contribution in [1.82, 2.24) is 4.90 Å². The van der Waals surface area contributed by atoms with Crippen LogP contribution in [0.15, 0.2) is 71.6 Å². The maximum absolute atomic E-state index is 12.8. The van der Waals surface area contributed by atoms with Crippen molar-refractivity contribution < 1.29 is 19.1 Å². The van der Waals surface area contributed by atoms with E-state index in [0.29, 0.717) is 11.4 Å². The van der Waals surface area contributed by atoms with Crippen molar-refractivity contribution in [1.29, 1.82) is 0 Å². The van der Waals surface area contributed by atoms with Gasteiger partial charge >= 0.3 is 0 Å². The van der Waals surface area contributed by atoms with E-state index >= 15 is 0 Å². The van der Waals surface area contributed by atoms with E-state index < -0.39 is 17.1 Å². The van der Waals surface area contributed by atoms with E-state index in [4.69, 9.17) is 4.74 Å². The number of fused-ring (bicyclic) bond motifs is 1. The van der Waals surface area contributed by atoms with Crippen LogP contribution in [-0.2, 0) is 9.59 Å². The average molecular weight is 418 g/mol. The summed E-state index contributed by atoms with van der Waals surface area (Å²) in [6.07, 6.45) is 1.65. The van der Waals surface area contributed by atoms with Gasteiger partial charge in [-0.3, -0.25) is 19.3 Å². The number of hydrogen-bond donors (Lipinski definition) is 1. The normalized spacial score (nSPS) is 15.1. The lowest BCUT2D eigenvalue weighted by molar-refractivity contribution is -0.127. The Labute approximate surface area is 177 Å². The Hall–Kier alpha value is -3.58. The van der Waals surface area contributed by atoms with E-state index in [2.05, 4.69) is 5.32 Å². The number of amides is 3. The van der Waals surface area contributed by atoms with E-state index in [1.165, 1.54) is 0 Å². The van der Waals surface area contributed by atoms with Crippen molar-refractivity contribution in [3.63, 3.8) is 0 Å². The lowest BCUT2D eigenvalue weighted by atomic mass is 10.0. The number of ether oxygens (including phenoxy) is 1. The number of nitrogens with one attached hydrogen (secondary N) is 1. The van der Waals surface area contributed by atoms with E-state index in [0.717, 1.165) is 33.0 Å². The Morgan fingerprint density at radius 2 is 1.77 bits per heavy atom. The Morgan fingerprint density at radius 3 is 2.53 bits per heavy atom. The monoisotopic (exact) mass is 418 g/mol. The van der Waals surface area contributed by atoms with E-state index in [-0.39, 0.29) is 11.4 Å². The van der Waals surface area contributed by atoms with Crippen LogP contribution in [0.1, 0.15) is 5.56 Å². The predicted octanol–water partition coefficient (Wildman–Crippen LogP) is 4.52. The zero-order chi connectivity index (χ0) is 21.1. The van der Waals surface area contributed by atoms with Crippen molar-refractivity contribution in [2.45, 2.75) is 0 Å². The summed E-state index contributed by atoms with van der Waals surface area (Å²) in [6.45, 7) is -0.344. The van der Waals surface area contributed by atoms with Gasteiger partial charge in [-0.05, 0) is 46.8 Å². The van der Waals surface area contributed by atoms with Gasteiger partial charge in [0.25, 0.3) is 11.1 Å². The highest BCUT2D eigenvalue weighted by Crippen LogP contribution is 2.36. The van der Waals surface area contributed by atoms with Crippen LogP contribution in [0, 0.1) is 0 Å². The number of benzene rings is 3. The first-order chi connectivity index (χ1) is 14.6. The molecule has 0 unspecified atom stereocenters. The lowest BCUT2D eigenvalue weighted by Gasteiger charge is -2.12. The molecule has 0 aliphatic carbocycles. The molecule has 4 rings (SSSR count). The average Bonchev–Trinajstić information content (AvgIpc) is 3.02. The topological polar surface area (TPSA) is 75.7 Å². The molecule has 0 aromatic heterocycles. The van der Waals surface area contributed by atoms with Crippen LogP contribution >= 0.6 is 11.8 Å². The molecule has 1 fully saturated rings. The summed E-state index contributed by atoms with van der Waals surface area (Å²) in [5, 5.41) is 4.10. The molecule has 0 saturated carbocycles. The molecule has 3 amide bonds. The molecule has 30 heavy (non-hydrogen) atoms. The summed E-state index contributed by atoms with van der Waals surface area (Å²) in [6, 6.07) is 20.4. The van der Waals surface area contributed by atoms with Gasteiger partial charge in [-0.1, -0.05) is 48.5 Å². The van der Waals surface area contributed by atoms with Crippen molar-refractivity contribution in [2.75, 3.05) is 19.0 Å². The number of carbonyl (C=O) groups is 3. The molecule has 3 aromatic rings. The first kappa shape index (κ1) is 19.7. The van der Waals surface area contributed by atoms with Crippen molar-refractivity contribution in [3.05, 3.63) is 77.2 Å². The van der Waals surface area contributed by atoms with Gasteiger partial charge in [-0.25, -0.2) is 0 Å². The number of thioether (sulfide) groups is 1. The molecule has 1 heterocycles. The number of hydrogen-bond acceptors (Lipinski definition) is 5. The fraction of sp³-hybridized carbons (Fsp3) is 0.0870. The molecule has 0 atom stereocenters. The summed E-state index contributed by atoms with van der Waals surface area (Å²) >= 11 is 0.816. The summed E-state index contributed by atoms with van der Waals surface area (Å²) < 4.78 is 5.46. The van der Waals surface area contributed by atoms with Gasteiger partial charge in [0.2, 0.25) is 5.91 Å². The Kier molecular flexibility index (Phi) is 5.54. The highest BCUT2D eigenvalue weighted by atomic mass is 32.2. The molecule has 1 aliphatic rings. The zero-order valence-corrected chi connectivity index (χ0v) is 16.9. The fourth-order valence-corrected chi connectivity index (χ4v) is 4.06. The van der Waals surface area contributed by atoms with Crippen molar-refractivity contribution >= 4 is 51.4 Å². The smallest absolute Gasteiger partial charge is 0.294 e. The van der Waals surface area contributed by atoms with Gasteiger partial charge < -0.3 is 10.1 Å². The minimum atomic E-state index is -0.497. The second-order valence-electron chi connectivity index (χ2n) is 6.58. The maximum atomic E-state index is 12.8. The van der Waals surface area contributed by atoms with Gasteiger partial charge in [-0.15, -0.1) is 0 Å². The second-order valence-corrected chi connectivity index (χ2v) is 7.58. The Bertz CT molecular complexity index is 1170. The summed E-state index contributed by atoms with van der Waals surface area (Å²) in [7, 11) is 1.56. The zero-order valence-electron chi connectivity index (χ0n) is 16.1. The Morgan fingerprint density at radius 1 is 1.03 bits per heavy atom. The fourth-order valence-electron chi connectivity index (χ4n) is 3.24. The summed E-state index contributed by atoms with van der Waals surface area (Å²) in [4.78, 5) is 38.7. The van der Waals surface area contributed by atoms with E-state index in [9.17, 15) is 14.4 Å². The molecule has 0 bridgehead atoms. The van der Waals surface area contributed by atoms with Crippen LogP contribution in [0.4, 0.5) is 10.5 Å². The largest absolute Gasteiger partial charge is 0.496 e. The third-order valence-corrected chi connectivity index (χ3v) is 5.57. The molecular formula is C23H18N2O4S. The van der Waals surface area contributed by atoms with E-state index in [1.807, 2.05) is 42.5 Å². The van der Waals surface area contributed by atoms with Gasteiger partial charge in [0, 0.05) is 11.3 Å². The van der Waals surface area contributed by atoms with Gasteiger partial charge in [0.05, 0.1) is 12.0 Å². The number of rotatable bonds is 5. The van der Waals surface area contributed by atoms with Crippen LogP contribution in [0.25, 0.3) is 16.8 Å². The van der Waals surface area contributed by atoms with Crippen LogP contribution in [0.3, 0.4) is 0 Å². The third kappa shape index (κ3) is 3.92. The highest BCUT2D eigenvalue weighted by Gasteiger charge is 2.36. The molecule has 1 N–H and O–H groups in total. The maximum Gasteiger partial charge on any atom is 0.294 e. The van der Waals surface area contributed by atoms with Crippen molar-refractivity contribution in [2.24, 2.45) is 0 Å². The minimum absolute atomic E-state index is 0.252. The number of carbonyl (C=O) groups excluding carboxylic acids is 3. The van der Waals surface area contributed by atoms with Gasteiger partial charge in [0.15, 0.2) is 0 Å². The molecular weight excluding hydrogens is 400 g/mol. The van der Waals surface area contributed by atoms with Gasteiger partial charge in [-0.2, -0.15) is 0 Å². The molecule has 0 radical (unpaired) electrons. The van der Waals surface area contributed by atoms with Crippen molar-refractivity contribution in [3.8, 4) is 5.75 Å².